The summed E-state index contributed by atoms with van der Waals surface area (Å²) >= 11 is 5.96. The molecule has 5 nitrogen and oxygen atoms in total. The van der Waals surface area contributed by atoms with Gasteiger partial charge in [0.1, 0.15) is 0 Å². The fourth-order valence-electron chi connectivity index (χ4n) is 3.69. The molecule has 26 heavy (non-hydrogen) atoms. The summed E-state index contributed by atoms with van der Waals surface area (Å²) in [4.78, 5) is 12.5. The summed E-state index contributed by atoms with van der Waals surface area (Å²) in [6.07, 6.45) is 3.61. The molecule has 3 N–H and O–H groups in total. The van der Waals surface area contributed by atoms with Crippen molar-refractivity contribution < 1.29 is 4.79 Å². The molecule has 3 rings (SSSR count). The van der Waals surface area contributed by atoms with E-state index >= 15 is 0 Å². The number of carbonyl (C=O) groups is 1. The lowest BCUT2D eigenvalue weighted by molar-refractivity contribution is -0.121. The number of carbonyl (C=O) groups excluding carboxylic acids is 1. The van der Waals surface area contributed by atoms with Crippen LogP contribution in [0.25, 0.3) is 5.69 Å². The highest BCUT2D eigenvalue weighted by molar-refractivity contribution is 6.30. The van der Waals surface area contributed by atoms with Gasteiger partial charge in [-0.15, -0.1) is 12.4 Å². The predicted octanol–water partition coefficient (Wildman–Crippen LogP) is 3.35. The molecule has 2 unspecified atom stereocenters. The molecular formula is C19H26Cl2N4O. The first-order chi connectivity index (χ1) is 12.0. The Morgan fingerprint density at radius 1 is 1.31 bits per heavy atom. The molecule has 2 atom stereocenters. The van der Waals surface area contributed by atoms with Gasteiger partial charge in [0.15, 0.2) is 0 Å². The van der Waals surface area contributed by atoms with Crippen LogP contribution in [0, 0.1) is 19.8 Å². The lowest BCUT2D eigenvalue weighted by Crippen LogP contribution is -2.40. The van der Waals surface area contributed by atoms with Crippen molar-refractivity contribution in [2.75, 3.05) is 6.54 Å². The normalized spacial score (nSPS) is 19.2. The third-order valence-electron chi connectivity index (χ3n) is 5.16. The third-order valence-corrected chi connectivity index (χ3v) is 5.41. The number of amides is 1. The average Bonchev–Trinajstić information content (AvgIpc) is 3.14. The van der Waals surface area contributed by atoms with E-state index in [-0.39, 0.29) is 24.4 Å². The van der Waals surface area contributed by atoms with Gasteiger partial charge in [0.25, 0.3) is 0 Å². The number of aromatic nitrogens is 2. The van der Waals surface area contributed by atoms with Crippen LogP contribution in [0.5, 0.6) is 0 Å². The van der Waals surface area contributed by atoms with Gasteiger partial charge in [-0.25, -0.2) is 4.68 Å². The molecule has 0 aliphatic heterocycles. The molecule has 1 fully saturated rings. The maximum absolute atomic E-state index is 12.5. The molecule has 7 heteroatoms. The Labute approximate surface area is 165 Å². The number of nitrogens with one attached hydrogen (secondary N) is 1. The molecule has 0 radical (unpaired) electrons. The van der Waals surface area contributed by atoms with Gasteiger partial charge in [0, 0.05) is 22.3 Å². The van der Waals surface area contributed by atoms with Gasteiger partial charge in [0.2, 0.25) is 5.91 Å². The Balaban J connectivity index is 0.00000243. The quantitative estimate of drug-likeness (QED) is 0.813. The second-order valence-electron chi connectivity index (χ2n) is 6.82. The SMILES string of the molecule is Cc1nn(-c2ccc(Cl)cc2)c(C)c1CC(=O)NC1CCCC1CN.Cl. The molecule has 0 bridgehead atoms. The van der Waals surface area contributed by atoms with Crippen LogP contribution in [0.1, 0.15) is 36.2 Å². The fraction of sp³-hybridized carbons (Fsp3) is 0.474. The zero-order valence-electron chi connectivity index (χ0n) is 15.2. The lowest BCUT2D eigenvalue weighted by Gasteiger charge is -2.19. The van der Waals surface area contributed by atoms with Crippen molar-refractivity contribution >= 4 is 29.9 Å². The summed E-state index contributed by atoms with van der Waals surface area (Å²) in [7, 11) is 0. The fourth-order valence-corrected chi connectivity index (χ4v) is 3.82. The first kappa shape index (κ1) is 20.7. The maximum atomic E-state index is 12.5. The number of halogens is 2. The molecular weight excluding hydrogens is 371 g/mol. The van der Waals surface area contributed by atoms with Crippen molar-refractivity contribution in [3.05, 3.63) is 46.2 Å². The van der Waals surface area contributed by atoms with E-state index in [0.29, 0.717) is 23.9 Å². The number of hydrogen-bond donors (Lipinski definition) is 2. The topological polar surface area (TPSA) is 72.9 Å². The molecule has 1 aliphatic carbocycles. The van der Waals surface area contributed by atoms with Crippen molar-refractivity contribution in [3.63, 3.8) is 0 Å². The Morgan fingerprint density at radius 2 is 2.00 bits per heavy atom. The van der Waals surface area contributed by atoms with Crippen LogP contribution in [0.2, 0.25) is 5.02 Å². The minimum Gasteiger partial charge on any atom is -0.353 e. The summed E-state index contributed by atoms with van der Waals surface area (Å²) in [6.45, 7) is 4.58. The largest absolute Gasteiger partial charge is 0.353 e. The van der Waals surface area contributed by atoms with Gasteiger partial charge in [-0.2, -0.15) is 5.10 Å². The highest BCUT2D eigenvalue weighted by Crippen LogP contribution is 2.25. The Kier molecular flexibility index (Phi) is 7.09. The number of benzene rings is 1. The Morgan fingerprint density at radius 3 is 2.65 bits per heavy atom. The van der Waals surface area contributed by atoms with E-state index in [1.165, 1.54) is 0 Å². The number of hydrogen-bond acceptors (Lipinski definition) is 3. The summed E-state index contributed by atoms with van der Waals surface area (Å²) in [5, 5.41) is 8.46. The van der Waals surface area contributed by atoms with E-state index in [4.69, 9.17) is 17.3 Å². The summed E-state index contributed by atoms with van der Waals surface area (Å²) in [5.74, 6) is 0.454. The van der Waals surface area contributed by atoms with Crippen molar-refractivity contribution in [2.24, 2.45) is 11.7 Å². The Bertz CT molecular complexity index is 758. The van der Waals surface area contributed by atoms with E-state index in [1.54, 1.807) is 0 Å². The van der Waals surface area contributed by atoms with Crippen LogP contribution in [0.15, 0.2) is 24.3 Å². The van der Waals surface area contributed by atoms with Gasteiger partial charge >= 0.3 is 0 Å². The number of nitrogens with two attached hydrogens (primary N) is 1. The first-order valence-corrected chi connectivity index (χ1v) is 9.18. The standard InChI is InChI=1S/C19H25ClN4O.ClH/c1-12-17(10-19(25)22-18-5-3-4-14(18)11-21)13(2)24(23-12)16-8-6-15(20)7-9-16;/h6-9,14,18H,3-5,10-11,21H2,1-2H3,(H,22,25);1H. The van der Waals surface area contributed by atoms with E-state index in [1.807, 2.05) is 42.8 Å². The van der Waals surface area contributed by atoms with Crippen molar-refractivity contribution in [1.29, 1.82) is 0 Å². The van der Waals surface area contributed by atoms with Gasteiger partial charge in [-0.1, -0.05) is 18.0 Å². The van der Waals surface area contributed by atoms with Crippen LogP contribution >= 0.6 is 24.0 Å². The molecule has 2 aromatic rings. The molecule has 1 amide bonds. The molecule has 1 aromatic heterocycles. The van der Waals surface area contributed by atoms with Gasteiger partial charge < -0.3 is 11.1 Å². The van der Waals surface area contributed by atoms with Crippen LogP contribution in [-0.2, 0) is 11.2 Å². The predicted molar refractivity (Wildman–Crippen MR) is 107 cm³/mol. The minimum absolute atomic E-state index is 0. The van der Waals surface area contributed by atoms with Gasteiger partial charge in [0.05, 0.1) is 17.8 Å². The van der Waals surface area contributed by atoms with Crippen molar-refractivity contribution in [1.82, 2.24) is 15.1 Å². The van der Waals surface area contributed by atoms with E-state index in [0.717, 1.165) is 41.9 Å². The van der Waals surface area contributed by atoms with Crippen molar-refractivity contribution in [3.8, 4) is 5.69 Å². The summed E-state index contributed by atoms with van der Waals surface area (Å²) in [5.41, 5.74) is 9.59. The molecule has 0 saturated heterocycles. The Hall–Kier alpha value is -1.56. The first-order valence-electron chi connectivity index (χ1n) is 8.80. The van der Waals surface area contributed by atoms with Crippen LogP contribution in [0.3, 0.4) is 0 Å². The van der Waals surface area contributed by atoms with Crippen LogP contribution < -0.4 is 11.1 Å². The van der Waals surface area contributed by atoms with E-state index in [9.17, 15) is 4.79 Å². The third kappa shape index (κ3) is 4.40. The highest BCUT2D eigenvalue weighted by Gasteiger charge is 2.27. The number of rotatable bonds is 5. The molecule has 1 aliphatic rings. The summed E-state index contributed by atoms with van der Waals surface area (Å²) in [6, 6.07) is 7.75. The maximum Gasteiger partial charge on any atom is 0.224 e. The number of nitrogens with zero attached hydrogens (tertiary/aromatic N) is 2. The van der Waals surface area contributed by atoms with Crippen LogP contribution in [0.4, 0.5) is 0 Å². The lowest BCUT2D eigenvalue weighted by atomic mass is 10.0. The monoisotopic (exact) mass is 396 g/mol. The second kappa shape index (κ2) is 8.89. The molecule has 1 saturated carbocycles. The minimum atomic E-state index is 0. The zero-order valence-corrected chi connectivity index (χ0v) is 16.7. The second-order valence-corrected chi connectivity index (χ2v) is 7.25. The molecule has 1 aromatic carbocycles. The molecule has 0 spiro atoms. The van der Waals surface area contributed by atoms with Crippen molar-refractivity contribution in [2.45, 2.75) is 45.6 Å². The van der Waals surface area contributed by atoms with E-state index in [2.05, 4.69) is 10.4 Å². The smallest absolute Gasteiger partial charge is 0.224 e. The highest BCUT2D eigenvalue weighted by atomic mass is 35.5. The number of aryl methyl sites for hydroxylation is 1. The zero-order chi connectivity index (χ0) is 18.0. The van der Waals surface area contributed by atoms with E-state index < -0.39 is 0 Å². The van der Waals surface area contributed by atoms with Crippen LogP contribution in [-0.4, -0.2) is 28.3 Å². The molecule has 1 heterocycles. The summed E-state index contributed by atoms with van der Waals surface area (Å²) < 4.78 is 1.87. The van der Waals surface area contributed by atoms with Gasteiger partial charge in [-0.3, -0.25) is 4.79 Å². The molecule has 142 valence electrons. The van der Waals surface area contributed by atoms with Gasteiger partial charge in [-0.05, 0) is 63.4 Å². The average molecular weight is 397 g/mol.